The maximum Gasteiger partial charge on any atom is 0.230 e. The summed E-state index contributed by atoms with van der Waals surface area (Å²) in [5, 5.41) is 3.41. The Kier molecular flexibility index (Phi) is 5.01. The first kappa shape index (κ1) is 17.2. The van der Waals surface area contributed by atoms with Crippen molar-refractivity contribution in [3.05, 3.63) is 24.0 Å². The Morgan fingerprint density at radius 2 is 2.00 bits per heavy atom. The molecule has 4 rings (SSSR count). The summed E-state index contributed by atoms with van der Waals surface area (Å²) in [6, 6.07) is 0. The molecule has 8 nitrogen and oxygen atoms in total. The van der Waals surface area contributed by atoms with Crippen LogP contribution in [0.4, 0.5) is 11.9 Å². The van der Waals surface area contributed by atoms with E-state index in [1.54, 1.807) is 6.33 Å². The monoisotopic (exact) mass is 356 g/mol. The standard InChI is InChI=1S/C18H28N8/c1-24(10-14-6-7-19-9-14)17-20-13-21-18(23-17)25(2)11-15-12-26-8-4-3-5-16(26)22-15/h12-14,19H,3-11H2,1-2H3. The van der Waals surface area contributed by atoms with Crippen molar-refractivity contribution in [2.45, 2.75) is 38.8 Å². The molecule has 0 aromatic carbocycles. The van der Waals surface area contributed by atoms with Crippen LogP contribution in [0.2, 0.25) is 0 Å². The molecule has 1 fully saturated rings. The fraction of sp³-hybridized carbons (Fsp3) is 0.667. The number of rotatable bonds is 6. The average molecular weight is 356 g/mol. The Hall–Kier alpha value is -2.22. The number of imidazole rings is 1. The molecule has 8 heteroatoms. The van der Waals surface area contributed by atoms with E-state index in [1.807, 2.05) is 11.9 Å². The largest absolute Gasteiger partial charge is 0.343 e. The molecule has 1 unspecified atom stereocenters. The van der Waals surface area contributed by atoms with E-state index >= 15 is 0 Å². The van der Waals surface area contributed by atoms with Crippen molar-refractivity contribution in [3.63, 3.8) is 0 Å². The minimum Gasteiger partial charge on any atom is -0.343 e. The summed E-state index contributed by atoms with van der Waals surface area (Å²) in [5.41, 5.74) is 1.08. The Morgan fingerprint density at radius 3 is 2.77 bits per heavy atom. The van der Waals surface area contributed by atoms with Crippen LogP contribution in [-0.4, -0.2) is 58.2 Å². The molecule has 0 amide bonds. The number of nitrogens with zero attached hydrogens (tertiary/aromatic N) is 7. The van der Waals surface area contributed by atoms with Gasteiger partial charge in [-0.3, -0.25) is 0 Å². The fourth-order valence-electron chi connectivity index (χ4n) is 3.85. The number of aromatic nitrogens is 5. The molecule has 2 aliphatic rings. The van der Waals surface area contributed by atoms with Crippen molar-refractivity contribution in [1.82, 2.24) is 29.8 Å². The van der Waals surface area contributed by atoms with Gasteiger partial charge in [-0.05, 0) is 38.3 Å². The first-order chi connectivity index (χ1) is 12.7. The van der Waals surface area contributed by atoms with Crippen molar-refractivity contribution in [1.29, 1.82) is 0 Å². The summed E-state index contributed by atoms with van der Waals surface area (Å²) < 4.78 is 2.29. The zero-order chi connectivity index (χ0) is 17.9. The van der Waals surface area contributed by atoms with Crippen LogP contribution >= 0.6 is 0 Å². The molecule has 0 aliphatic carbocycles. The van der Waals surface area contributed by atoms with Gasteiger partial charge < -0.3 is 19.7 Å². The van der Waals surface area contributed by atoms with Crippen LogP contribution in [-0.2, 0) is 19.5 Å². The molecule has 0 spiro atoms. The van der Waals surface area contributed by atoms with Crippen molar-refractivity contribution < 1.29 is 0 Å². The molecule has 1 saturated heterocycles. The van der Waals surface area contributed by atoms with E-state index in [9.17, 15) is 0 Å². The number of aryl methyl sites for hydroxylation is 2. The van der Waals surface area contributed by atoms with Gasteiger partial charge >= 0.3 is 0 Å². The Balaban J connectivity index is 1.42. The van der Waals surface area contributed by atoms with Crippen LogP contribution in [0.1, 0.15) is 30.8 Å². The van der Waals surface area contributed by atoms with Gasteiger partial charge in [0.25, 0.3) is 0 Å². The van der Waals surface area contributed by atoms with Crippen LogP contribution in [0, 0.1) is 5.92 Å². The van der Waals surface area contributed by atoms with Gasteiger partial charge in [0.15, 0.2) is 0 Å². The van der Waals surface area contributed by atoms with E-state index in [0.29, 0.717) is 18.4 Å². The van der Waals surface area contributed by atoms with Gasteiger partial charge in [0.1, 0.15) is 12.2 Å². The maximum absolute atomic E-state index is 4.78. The molecular weight excluding hydrogens is 328 g/mol. The molecule has 4 heterocycles. The highest BCUT2D eigenvalue weighted by atomic mass is 15.3. The highest BCUT2D eigenvalue weighted by molar-refractivity contribution is 5.37. The van der Waals surface area contributed by atoms with Gasteiger partial charge in [0, 0.05) is 39.8 Å². The van der Waals surface area contributed by atoms with Gasteiger partial charge in [-0.25, -0.2) is 15.0 Å². The molecule has 2 aromatic heterocycles. The van der Waals surface area contributed by atoms with Gasteiger partial charge in [-0.1, -0.05) is 0 Å². The molecule has 1 N–H and O–H groups in total. The summed E-state index contributed by atoms with van der Waals surface area (Å²) in [5.74, 6) is 3.30. The van der Waals surface area contributed by atoms with Crippen LogP contribution in [0.15, 0.2) is 12.5 Å². The van der Waals surface area contributed by atoms with E-state index in [-0.39, 0.29) is 0 Å². The quantitative estimate of drug-likeness (QED) is 0.830. The third-order valence-corrected chi connectivity index (χ3v) is 5.28. The molecule has 140 valence electrons. The molecule has 0 saturated carbocycles. The molecule has 0 bridgehead atoms. The van der Waals surface area contributed by atoms with Crippen LogP contribution < -0.4 is 15.1 Å². The van der Waals surface area contributed by atoms with Gasteiger partial charge in [-0.15, -0.1) is 0 Å². The highest BCUT2D eigenvalue weighted by Crippen LogP contribution is 2.18. The molecule has 2 aromatic rings. The predicted octanol–water partition coefficient (Wildman–Crippen LogP) is 1.09. The lowest BCUT2D eigenvalue weighted by molar-refractivity contribution is 0.522. The summed E-state index contributed by atoms with van der Waals surface area (Å²) in [6.45, 7) is 4.95. The topological polar surface area (TPSA) is 75.0 Å². The second-order valence-corrected chi connectivity index (χ2v) is 7.48. The Morgan fingerprint density at radius 1 is 1.15 bits per heavy atom. The summed E-state index contributed by atoms with van der Waals surface area (Å²) >= 11 is 0. The van der Waals surface area contributed by atoms with Crippen molar-refractivity contribution in [2.75, 3.05) is 43.5 Å². The minimum absolute atomic E-state index is 0.662. The summed E-state index contributed by atoms with van der Waals surface area (Å²) in [4.78, 5) is 22.3. The number of fused-ring (bicyclic) bond motifs is 1. The summed E-state index contributed by atoms with van der Waals surface area (Å²) in [6.07, 6.45) is 8.57. The lowest BCUT2D eigenvalue weighted by Gasteiger charge is -2.22. The van der Waals surface area contributed by atoms with Crippen molar-refractivity contribution in [3.8, 4) is 0 Å². The molecule has 0 radical (unpaired) electrons. The lowest BCUT2D eigenvalue weighted by Crippen LogP contribution is -2.29. The zero-order valence-electron chi connectivity index (χ0n) is 15.7. The molecule has 1 atom stereocenters. The van der Waals surface area contributed by atoms with Crippen LogP contribution in [0.25, 0.3) is 0 Å². The predicted molar refractivity (Wildman–Crippen MR) is 101 cm³/mol. The zero-order valence-corrected chi connectivity index (χ0v) is 15.7. The first-order valence-electron chi connectivity index (χ1n) is 9.56. The molecule has 2 aliphatic heterocycles. The highest BCUT2D eigenvalue weighted by Gasteiger charge is 2.19. The van der Waals surface area contributed by atoms with E-state index in [4.69, 9.17) is 4.98 Å². The van der Waals surface area contributed by atoms with Gasteiger partial charge in [-0.2, -0.15) is 4.98 Å². The minimum atomic E-state index is 0.662. The van der Waals surface area contributed by atoms with E-state index < -0.39 is 0 Å². The van der Waals surface area contributed by atoms with E-state index in [1.165, 1.54) is 25.1 Å². The fourth-order valence-corrected chi connectivity index (χ4v) is 3.85. The second-order valence-electron chi connectivity index (χ2n) is 7.48. The molecular formula is C18H28N8. The second kappa shape index (κ2) is 7.57. The Labute approximate surface area is 154 Å². The lowest BCUT2D eigenvalue weighted by atomic mass is 10.1. The van der Waals surface area contributed by atoms with Crippen molar-refractivity contribution >= 4 is 11.9 Å². The Bertz CT molecular complexity index is 713. The molecule has 26 heavy (non-hydrogen) atoms. The van der Waals surface area contributed by atoms with Crippen molar-refractivity contribution in [2.24, 2.45) is 5.92 Å². The number of anilines is 2. The number of nitrogens with one attached hydrogen (secondary N) is 1. The van der Waals surface area contributed by atoms with Crippen LogP contribution in [0.5, 0.6) is 0 Å². The maximum atomic E-state index is 4.78. The average Bonchev–Trinajstić information content (AvgIpc) is 3.30. The van der Waals surface area contributed by atoms with Gasteiger partial charge in [0.05, 0.1) is 12.2 Å². The van der Waals surface area contributed by atoms with E-state index in [0.717, 1.165) is 44.2 Å². The number of hydrogen-bond acceptors (Lipinski definition) is 7. The normalized spacial score (nSPS) is 19.4. The third kappa shape index (κ3) is 3.80. The SMILES string of the molecule is CN(Cc1cn2c(n1)CCCC2)c1ncnc(N(C)CC2CCNC2)n1. The van der Waals surface area contributed by atoms with Crippen LogP contribution in [0.3, 0.4) is 0 Å². The first-order valence-corrected chi connectivity index (χ1v) is 9.56. The number of hydrogen-bond donors (Lipinski definition) is 1. The smallest absolute Gasteiger partial charge is 0.230 e. The summed E-state index contributed by atoms with van der Waals surface area (Å²) in [7, 11) is 4.07. The van der Waals surface area contributed by atoms with Gasteiger partial charge in [0.2, 0.25) is 11.9 Å². The third-order valence-electron chi connectivity index (χ3n) is 5.28. The van der Waals surface area contributed by atoms with E-state index in [2.05, 4.69) is 43.0 Å².